The lowest BCUT2D eigenvalue weighted by Crippen LogP contribution is -2.30. The van der Waals surface area contributed by atoms with Gasteiger partial charge in [-0.15, -0.1) is 11.3 Å². The quantitative estimate of drug-likeness (QED) is 0.622. The van der Waals surface area contributed by atoms with Gasteiger partial charge in [0, 0.05) is 24.5 Å². The zero-order valence-electron chi connectivity index (χ0n) is 10.8. The van der Waals surface area contributed by atoms with E-state index >= 15 is 0 Å². The van der Waals surface area contributed by atoms with Crippen molar-refractivity contribution < 1.29 is 4.74 Å². The summed E-state index contributed by atoms with van der Waals surface area (Å²) in [5.74, 6) is 6.20. The van der Waals surface area contributed by atoms with Crippen LogP contribution in [0.2, 0.25) is 0 Å². The van der Waals surface area contributed by atoms with Crippen LogP contribution in [0.5, 0.6) is 0 Å². The molecule has 2 aromatic rings. The third kappa shape index (κ3) is 2.90. The van der Waals surface area contributed by atoms with Crippen molar-refractivity contribution in [3.63, 3.8) is 0 Å². The summed E-state index contributed by atoms with van der Waals surface area (Å²) in [4.78, 5) is 0. The summed E-state index contributed by atoms with van der Waals surface area (Å²) < 4.78 is 6.52. The van der Waals surface area contributed by atoms with Crippen LogP contribution in [0, 0.1) is 5.92 Å². The van der Waals surface area contributed by atoms with Gasteiger partial charge >= 0.3 is 0 Å². The summed E-state index contributed by atoms with van der Waals surface area (Å²) in [6.07, 6.45) is 0.974. The predicted molar refractivity (Wildman–Crippen MR) is 77.5 cm³/mol. The second-order valence-electron chi connectivity index (χ2n) is 4.70. The highest BCUT2D eigenvalue weighted by atomic mass is 32.1. The number of nitrogens with two attached hydrogens (primary N) is 1. The SMILES string of the molecule is COCC(C)CC(NN)c1cccc2ccsc12. The maximum Gasteiger partial charge on any atom is 0.0488 e. The molecule has 0 aliphatic carbocycles. The summed E-state index contributed by atoms with van der Waals surface area (Å²) in [6.45, 7) is 2.95. The van der Waals surface area contributed by atoms with Gasteiger partial charge in [0.2, 0.25) is 0 Å². The second kappa shape index (κ2) is 6.29. The highest BCUT2D eigenvalue weighted by molar-refractivity contribution is 7.17. The summed E-state index contributed by atoms with van der Waals surface area (Å²) in [7, 11) is 1.74. The number of benzene rings is 1. The van der Waals surface area contributed by atoms with Gasteiger partial charge in [0.05, 0.1) is 0 Å². The Morgan fingerprint density at radius 2 is 2.22 bits per heavy atom. The molecule has 0 aliphatic rings. The number of hydrogen-bond donors (Lipinski definition) is 2. The maximum atomic E-state index is 5.72. The Bertz CT molecular complexity index is 497. The van der Waals surface area contributed by atoms with E-state index in [9.17, 15) is 0 Å². The first-order valence-electron chi connectivity index (χ1n) is 6.17. The molecule has 0 saturated heterocycles. The van der Waals surface area contributed by atoms with Gasteiger partial charge in [-0.2, -0.15) is 0 Å². The van der Waals surface area contributed by atoms with Crippen molar-refractivity contribution in [1.82, 2.24) is 5.43 Å². The van der Waals surface area contributed by atoms with Crippen molar-refractivity contribution in [3.8, 4) is 0 Å². The molecule has 98 valence electrons. The summed E-state index contributed by atoms with van der Waals surface area (Å²) in [5, 5.41) is 3.41. The van der Waals surface area contributed by atoms with E-state index in [1.807, 2.05) is 0 Å². The largest absolute Gasteiger partial charge is 0.384 e. The molecule has 1 aromatic carbocycles. The average Bonchev–Trinajstić information content (AvgIpc) is 2.84. The second-order valence-corrected chi connectivity index (χ2v) is 5.62. The van der Waals surface area contributed by atoms with Crippen LogP contribution in [0.4, 0.5) is 0 Å². The number of rotatable bonds is 6. The molecule has 3 nitrogen and oxygen atoms in total. The Balaban J connectivity index is 2.24. The van der Waals surface area contributed by atoms with Crippen molar-refractivity contribution in [1.29, 1.82) is 0 Å². The van der Waals surface area contributed by atoms with Crippen LogP contribution in [0.25, 0.3) is 10.1 Å². The molecule has 3 N–H and O–H groups in total. The predicted octanol–water partition coefficient (Wildman–Crippen LogP) is 3.08. The third-order valence-electron chi connectivity index (χ3n) is 3.18. The van der Waals surface area contributed by atoms with Gasteiger partial charge < -0.3 is 4.74 Å². The van der Waals surface area contributed by atoms with E-state index in [1.165, 1.54) is 15.6 Å². The highest BCUT2D eigenvalue weighted by Crippen LogP contribution is 2.31. The Kier molecular flexibility index (Phi) is 4.72. The fraction of sp³-hybridized carbons (Fsp3) is 0.429. The molecule has 1 aromatic heterocycles. The van der Waals surface area contributed by atoms with Crippen LogP contribution >= 0.6 is 11.3 Å². The lowest BCUT2D eigenvalue weighted by atomic mass is 9.96. The smallest absolute Gasteiger partial charge is 0.0488 e. The first-order valence-corrected chi connectivity index (χ1v) is 7.05. The molecule has 2 rings (SSSR count). The normalized spacial score (nSPS) is 14.8. The van der Waals surface area contributed by atoms with Crippen LogP contribution in [0.15, 0.2) is 29.6 Å². The molecule has 1 heterocycles. The summed E-state index contributed by atoms with van der Waals surface area (Å²) >= 11 is 1.77. The van der Waals surface area contributed by atoms with Gasteiger partial charge in [-0.3, -0.25) is 11.3 Å². The van der Waals surface area contributed by atoms with E-state index in [0.29, 0.717) is 5.92 Å². The van der Waals surface area contributed by atoms with Crippen LogP contribution in [-0.2, 0) is 4.74 Å². The number of thiophene rings is 1. The molecule has 0 saturated carbocycles. The molecule has 0 fully saturated rings. The molecule has 18 heavy (non-hydrogen) atoms. The number of ether oxygens (including phenoxy) is 1. The Morgan fingerprint density at radius 1 is 1.39 bits per heavy atom. The molecule has 0 spiro atoms. The zero-order valence-corrected chi connectivity index (χ0v) is 11.7. The summed E-state index contributed by atoms with van der Waals surface area (Å²) in [5.41, 5.74) is 4.23. The van der Waals surface area contributed by atoms with Gasteiger partial charge in [-0.05, 0) is 34.7 Å². The fourth-order valence-electron chi connectivity index (χ4n) is 2.33. The lowest BCUT2D eigenvalue weighted by molar-refractivity contribution is 0.149. The zero-order chi connectivity index (χ0) is 13.0. The van der Waals surface area contributed by atoms with Crippen LogP contribution < -0.4 is 11.3 Å². The fourth-order valence-corrected chi connectivity index (χ4v) is 3.30. The van der Waals surface area contributed by atoms with Crippen LogP contribution in [0.3, 0.4) is 0 Å². The number of hydrogen-bond acceptors (Lipinski definition) is 4. The third-order valence-corrected chi connectivity index (χ3v) is 4.15. The van der Waals surface area contributed by atoms with Crippen molar-refractivity contribution in [2.75, 3.05) is 13.7 Å². The van der Waals surface area contributed by atoms with Gasteiger partial charge in [-0.1, -0.05) is 25.1 Å². The van der Waals surface area contributed by atoms with Crippen molar-refractivity contribution in [2.24, 2.45) is 11.8 Å². The van der Waals surface area contributed by atoms with E-state index in [4.69, 9.17) is 10.6 Å². The average molecular weight is 264 g/mol. The molecule has 2 unspecified atom stereocenters. The van der Waals surface area contributed by atoms with Gasteiger partial charge in [0.1, 0.15) is 0 Å². The first kappa shape index (κ1) is 13.5. The van der Waals surface area contributed by atoms with Crippen LogP contribution in [-0.4, -0.2) is 13.7 Å². The van der Waals surface area contributed by atoms with Crippen LogP contribution in [0.1, 0.15) is 24.9 Å². The van der Waals surface area contributed by atoms with E-state index < -0.39 is 0 Å². The van der Waals surface area contributed by atoms with Crippen molar-refractivity contribution in [2.45, 2.75) is 19.4 Å². The van der Waals surface area contributed by atoms with Gasteiger partial charge in [-0.25, -0.2) is 0 Å². The molecule has 2 atom stereocenters. The molecule has 4 heteroatoms. The van der Waals surface area contributed by atoms with E-state index in [2.05, 4.69) is 42.0 Å². The van der Waals surface area contributed by atoms with Gasteiger partial charge in [0.15, 0.2) is 0 Å². The highest BCUT2D eigenvalue weighted by Gasteiger charge is 2.16. The lowest BCUT2D eigenvalue weighted by Gasteiger charge is -2.21. The van der Waals surface area contributed by atoms with Crippen molar-refractivity contribution in [3.05, 3.63) is 35.2 Å². The molecule has 0 aliphatic heterocycles. The number of hydrazine groups is 1. The van der Waals surface area contributed by atoms with Crippen molar-refractivity contribution >= 4 is 21.4 Å². The Hall–Kier alpha value is -0.940. The molecule has 0 radical (unpaired) electrons. The molecule has 0 bridgehead atoms. The molecule has 0 amide bonds. The minimum atomic E-state index is 0.178. The Morgan fingerprint density at radius 3 is 2.94 bits per heavy atom. The summed E-state index contributed by atoms with van der Waals surface area (Å²) in [6, 6.07) is 8.72. The van der Waals surface area contributed by atoms with E-state index in [-0.39, 0.29) is 6.04 Å². The molecular formula is C14H20N2OS. The van der Waals surface area contributed by atoms with Gasteiger partial charge in [0.25, 0.3) is 0 Å². The minimum Gasteiger partial charge on any atom is -0.384 e. The minimum absolute atomic E-state index is 0.178. The molecular weight excluding hydrogens is 244 g/mol. The maximum absolute atomic E-state index is 5.72. The standard InChI is InChI=1S/C14H20N2OS/c1-10(9-17-2)8-13(16-15)12-5-3-4-11-6-7-18-14(11)12/h3-7,10,13,16H,8-9,15H2,1-2H3. The number of fused-ring (bicyclic) bond motifs is 1. The monoisotopic (exact) mass is 264 g/mol. The number of methoxy groups -OCH3 is 1. The topological polar surface area (TPSA) is 47.3 Å². The first-order chi connectivity index (χ1) is 8.76. The Labute approximate surface area is 112 Å². The van der Waals surface area contributed by atoms with E-state index in [1.54, 1.807) is 18.4 Å². The number of nitrogens with one attached hydrogen (secondary N) is 1. The van der Waals surface area contributed by atoms with E-state index in [0.717, 1.165) is 13.0 Å².